The Morgan fingerprint density at radius 3 is 2.38 bits per heavy atom. The number of hydrogen-bond acceptors (Lipinski definition) is 4. The molecule has 0 aliphatic rings. The van der Waals surface area contributed by atoms with Crippen LogP contribution in [0, 0.1) is 29.8 Å². The second-order valence-corrected chi connectivity index (χ2v) is 4.93. The van der Waals surface area contributed by atoms with E-state index in [4.69, 9.17) is 5.73 Å². The van der Waals surface area contributed by atoms with Gasteiger partial charge in [0.25, 0.3) is 5.69 Å². The molecule has 21 heavy (non-hydrogen) atoms. The van der Waals surface area contributed by atoms with Gasteiger partial charge in [-0.2, -0.15) is 0 Å². The van der Waals surface area contributed by atoms with Crippen LogP contribution in [-0.2, 0) is 6.54 Å². The van der Waals surface area contributed by atoms with Gasteiger partial charge in [-0.1, -0.05) is 12.1 Å². The van der Waals surface area contributed by atoms with Crippen LogP contribution in [0.4, 0.5) is 21.5 Å². The van der Waals surface area contributed by atoms with E-state index in [0.717, 1.165) is 5.56 Å². The van der Waals surface area contributed by atoms with Gasteiger partial charge in [0.1, 0.15) is 11.5 Å². The summed E-state index contributed by atoms with van der Waals surface area (Å²) < 4.78 is 13.5. The molecule has 0 atom stereocenters. The van der Waals surface area contributed by atoms with Crippen molar-refractivity contribution in [3.8, 4) is 0 Å². The summed E-state index contributed by atoms with van der Waals surface area (Å²) in [5.41, 5.74) is 8.42. The first-order chi connectivity index (χ1) is 9.88. The Labute approximate surface area is 121 Å². The number of halogens is 1. The van der Waals surface area contributed by atoms with E-state index in [0.29, 0.717) is 23.4 Å². The number of anilines is 2. The van der Waals surface area contributed by atoms with Crippen molar-refractivity contribution in [2.45, 2.75) is 20.4 Å². The van der Waals surface area contributed by atoms with Crippen molar-refractivity contribution in [2.75, 3.05) is 11.1 Å². The Balaban J connectivity index is 2.13. The van der Waals surface area contributed by atoms with Crippen LogP contribution in [0.2, 0.25) is 0 Å². The van der Waals surface area contributed by atoms with Gasteiger partial charge in [-0.25, -0.2) is 4.39 Å². The van der Waals surface area contributed by atoms with Gasteiger partial charge in [-0.05, 0) is 42.7 Å². The maximum atomic E-state index is 13.5. The fourth-order valence-corrected chi connectivity index (χ4v) is 2.17. The summed E-state index contributed by atoms with van der Waals surface area (Å²) in [6.07, 6.45) is 0. The molecule has 0 aromatic heterocycles. The summed E-state index contributed by atoms with van der Waals surface area (Å²) in [4.78, 5) is 10.2. The zero-order chi connectivity index (χ0) is 15.6. The Morgan fingerprint density at radius 1 is 1.24 bits per heavy atom. The smallest absolute Gasteiger partial charge is 0.292 e. The van der Waals surface area contributed by atoms with Gasteiger partial charge >= 0.3 is 0 Å². The van der Waals surface area contributed by atoms with Crippen LogP contribution in [0.15, 0.2) is 30.3 Å². The minimum atomic E-state index is -0.522. The molecule has 5 nitrogen and oxygen atoms in total. The quantitative estimate of drug-likeness (QED) is 0.512. The zero-order valence-corrected chi connectivity index (χ0v) is 11.8. The van der Waals surface area contributed by atoms with Gasteiger partial charge in [0.05, 0.1) is 4.92 Å². The maximum absolute atomic E-state index is 13.5. The normalized spacial score (nSPS) is 10.4. The van der Waals surface area contributed by atoms with E-state index < -0.39 is 4.92 Å². The van der Waals surface area contributed by atoms with Gasteiger partial charge < -0.3 is 11.1 Å². The number of benzene rings is 2. The first kappa shape index (κ1) is 14.8. The lowest BCUT2D eigenvalue weighted by Crippen LogP contribution is -2.03. The molecule has 3 N–H and O–H groups in total. The van der Waals surface area contributed by atoms with E-state index in [1.807, 2.05) is 0 Å². The predicted molar refractivity (Wildman–Crippen MR) is 80.7 cm³/mol. The highest BCUT2D eigenvalue weighted by molar-refractivity contribution is 5.65. The number of nitrogens with two attached hydrogens (primary N) is 1. The third-order valence-electron chi connectivity index (χ3n) is 3.22. The van der Waals surface area contributed by atoms with Gasteiger partial charge in [0, 0.05) is 18.3 Å². The fraction of sp³-hybridized carbons (Fsp3) is 0.200. The van der Waals surface area contributed by atoms with Crippen LogP contribution in [0.1, 0.15) is 16.7 Å². The highest BCUT2D eigenvalue weighted by Crippen LogP contribution is 2.25. The van der Waals surface area contributed by atoms with Crippen molar-refractivity contribution in [2.24, 2.45) is 0 Å². The Bertz CT molecular complexity index is 678. The number of nitrogens with one attached hydrogen (secondary N) is 1. The first-order valence-corrected chi connectivity index (χ1v) is 6.42. The summed E-state index contributed by atoms with van der Waals surface area (Å²) in [6, 6.07) is 8.01. The van der Waals surface area contributed by atoms with E-state index in [-0.39, 0.29) is 17.2 Å². The SMILES string of the molecule is Cc1cc(CNc2ccc([N+](=O)[O-])c(N)c2)cc(C)c1F. The number of nitro groups is 1. The monoisotopic (exact) mass is 289 g/mol. The number of aryl methyl sites for hydroxylation is 2. The first-order valence-electron chi connectivity index (χ1n) is 6.42. The highest BCUT2D eigenvalue weighted by atomic mass is 19.1. The third-order valence-corrected chi connectivity index (χ3v) is 3.22. The van der Waals surface area contributed by atoms with Crippen LogP contribution in [0.5, 0.6) is 0 Å². The predicted octanol–water partition coefficient (Wildman–Crippen LogP) is 3.55. The lowest BCUT2D eigenvalue weighted by molar-refractivity contribution is -0.383. The van der Waals surface area contributed by atoms with Crippen LogP contribution >= 0.6 is 0 Å². The molecule has 2 rings (SSSR count). The molecular weight excluding hydrogens is 273 g/mol. The minimum absolute atomic E-state index is 0.108. The molecule has 0 aliphatic heterocycles. The van der Waals surface area contributed by atoms with E-state index in [1.165, 1.54) is 12.1 Å². The number of hydrogen-bond donors (Lipinski definition) is 2. The molecule has 110 valence electrons. The van der Waals surface area contributed by atoms with Gasteiger partial charge in [0.15, 0.2) is 0 Å². The van der Waals surface area contributed by atoms with Gasteiger partial charge in [-0.15, -0.1) is 0 Å². The Morgan fingerprint density at radius 2 is 1.86 bits per heavy atom. The second-order valence-electron chi connectivity index (χ2n) is 4.93. The van der Waals surface area contributed by atoms with E-state index >= 15 is 0 Å². The van der Waals surface area contributed by atoms with Crippen LogP contribution in [0.3, 0.4) is 0 Å². The maximum Gasteiger partial charge on any atom is 0.292 e. The average Bonchev–Trinajstić information content (AvgIpc) is 2.42. The standard InChI is InChI=1S/C15H16FN3O2/c1-9-5-11(6-10(2)15(9)16)8-18-12-3-4-14(19(20)21)13(17)7-12/h3-7,18H,8,17H2,1-2H3. The minimum Gasteiger partial charge on any atom is -0.393 e. The summed E-state index contributed by atoms with van der Waals surface area (Å²) in [6.45, 7) is 3.92. The molecule has 0 aliphatic carbocycles. The summed E-state index contributed by atoms with van der Waals surface area (Å²) in [7, 11) is 0. The number of nitrogens with zero attached hydrogens (tertiary/aromatic N) is 1. The Hall–Kier alpha value is -2.63. The highest BCUT2D eigenvalue weighted by Gasteiger charge is 2.11. The molecule has 2 aromatic carbocycles. The van der Waals surface area contributed by atoms with Gasteiger partial charge in [0.2, 0.25) is 0 Å². The number of nitro benzene ring substituents is 1. The van der Waals surface area contributed by atoms with Crippen molar-refractivity contribution in [1.82, 2.24) is 0 Å². The second kappa shape index (κ2) is 5.78. The summed E-state index contributed by atoms with van der Waals surface area (Å²) >= 11 is 0. The van der Waals surface area contributed by atoms with Crippen LogP contribution in [-0.4, -0.2) is 4.92 Å². The molecule has 0 fully saturated rings. The molecule has 0 bridgehead atoms. The van der Waals surface area contributed by atoms with Crippen molar-refractivity contribution < 1.29 is 9.31 Å². The van der Waals surface area contributed by atoms with Crippen molar-refractivity contribution in [3.05, 3.63) is 63.0 Å². The van der Waals surface area contributed by atoms with Crippen molar-refractivity contribution in [1.29, 1.82) is 0 Å². The van der Waals surface area contributed by atoms with Gasteiger partial charge in [-0.3, -0.25) is 10.1 Å². The molecule has 2 aromatic rings. The fourth-order valence-electron chi connectivity index (χ4n) is 2.17. The molecule has 0 amide bonds. The topological polar surface area (TPSA) is 81.2 Å². The molecule has 0 heterocycles. The molecule has 0 spiro atoms. The van der Waals surface area contributed by atoms with E-state index in [9.17, 15) is 14.5 Å². The third kappa shape index (κ3) is 3.28. The van der Waals surface area contributed by atoms with Crippen LogP contribution in [0.25, 0.3) is 0 Å². The van der Waals surface area contributed by atoms with E-state index in [1.54, 1.807) is 32.0 Å². The zero-order valence-electron chi connectivity index (χ0n) is 11.8. The lowest BCUT2D eigenvalue weighted by Gasteiger charge is -2.10. The molecule has 0 unspecified atom stereocenters. The van der Waals surface area contributed by atoms with Crippen LogP contribution < -0.4 is 11.1 Å². The largest absolute Gasteiger partial charge is 0.393 e. The Kier molecular flexibility index (Phi) is 4.07. The summed E-state index contributed by atoms with van der Waals surface area (Å²) in [5, 5.41) is 13.8. The van der Waals surface area contributed by atoms with Crippen molar-refractivity contribution in [3.63, 3.8) is 0 Å². The van der Waals surface area contributed by atoms with Crippen molar-refractivity contribution >= 4 is 17.1 Å². The number of rotatable bonds is 4. The molecule has 0 saturated heterocycles. The lowest BCUT2D eigenvalue weighted by atomic mass is 10.1. The van der Waals surface area contributed by atoms with E-state index in [2.05, 4.69) is 5.32 Å². The average molecular weight is 289 g/mol. The molecule has 6 heteroatoms. The molecular formula is C15H16FN3O2. The number of nitrogen functional groups attached to an aromatic ring is 1. The molecule has 0 radical (unpaired) electrons. The molecule has 0 saturated carbocycles. The summed E-state index contributed by atoms with van der Waals surface area (Å²) in [5.74, 6) is -0.196.